The average Bonchev–Trinajstić information content (AvgIpc) is 1.98. The van der Waals surface area contributed by atoms with Crippen molar-refractivity contribution in [3.63, 3.8) is 0 Å². The van der Waals surface area contributed by atoms with Gasteiger partial charge in [-0.3, -0.25) is 0 Å². The van der Waals surface area contributed by atoms with E-state index in [0.29, 0.717) is 0 Å². The third-order valence-electron chi connectivity index (χ3n) is 1.60. The van der Waals surface area contributed by atoms with Crippen molar-refractivity contribution in [2.24, 2.45) is 0 Å². The molecule has 0 aromatic heterocycles. The summed E-state index contributed by atoms with van der Waals surface area (Å²) in [5, 5.41) is 0. The van der Waals surface area contributed by atoms with Gasteiger partial charge in [0.1, 0.15) is 0 Å². The van der Waals surface area contributed by atoms with Gasteiger partial charge in [-0.05, 0) is 46.7 Å². The van der Waals surface area contributed by atoms with E-state index in [1.54, 1.807) is 0 Å². The summed E-state index contributed by atoms with van der Waals surface area (Å²) in [6.07, 6.45) is 2.31. The topological polar surface area (TPSA) is 26.0 Å². The summed E-state index contributed by atoms with van der Waals surface area (Å²) in [7, 11) is 0. The SMILES string of the molecule is CCCc1ccc(I)c(N)c1. The van der Waals surface area contributed by atoms with E-state index in [0.717, 1.165) is 15.7 Å². The van der Waals surface area contributed by atoms with E-state index in [9.17, 15) is 0 Å². The van der Waals surface area contributed by atoms with E-state index in [1.807, 2.05) is 0 Å². The number of benzene rings is 1. The van der Waals surface area contributed by atoms with Gasteiger partial charge in [-0.2, -0.15) is 0 Å². The molecule has 1 aromatic carbocycles. The van der Waals surface area contributed by atoms with Crippen LogP contribution in [0.5, 0.6) is 0 Å². The molecule has 60 valence electrons. The Morgan fingerprint density at radius 1 is 1.45 bits per heavy atom. The van der Waals surface area contributed by atoms with Gasteiger partial charge in [0.15, 0.2) is 0 Å². The zero-order chi connectivity index (χ0) is 8.27. The normalized spacial score (nSPS) is 10.0. The number of anilines is 1. The minimum absolute atomic E-state index is 0.900. The Hall–Kier alpha value is -0.250. The predicted octanol–water partition coefficient (Wildman–Crippen LogP) is 2.83. The highest BCUT2D eigenvalue weighted by Crippen LogP contribution is 2.16. The standard InChI is InChI=1S/C9H12IN/c1-2-3-7-4-5-8(10)9(11)6-7/h4-6H,2-3,11H2,1H3. The molecule has 0 amide bonds. The van der Waals surface area contributed by atoms with Crippen LogP contribution < -0.4 is 5.73 Å². The molecule has 0 aliphatic heterocycles. The largest absolute Gasteiger partial charge is 0.398 e. The number of nitrogens with two attached hydrogens (primary N) is 1. The van der Waals surface area contributed by atoms with E-state index < -0.39 is 0 Å². The number of aryl methyl sites for hydroxylation is 1. The van der Waals surface area contributed by atoms with Gasteiger partial charge in [0, 0.05) is 9.26 Å². The van der Waals surface area contributed by atoms with Crippen LogP contribution in [0.2, 0.25) is 0 Å². The molecule has 2 N–H and O–H groups in total. The van der Waals surface area contributed by atoms with Gasteiger partial charge in [-0.15, -0.1) is 0 Å². The van der Waals surface area contributed by atoms with E-state index in [-0.39, 0.29) is 0 Å². The van der Waals surface area contributed by atoms with Gasteiger partial charge in [-0.1, -0.05) is 19.4 Å². The molecule has 0 spiro atoms. The molecular formula is C9H12IN. The molecule has 11 heavy (non-hydrogen) atoms. The highest BCUT2D eigenvalue weighted by Gasteiger charge is 1.95. The minimum atomic E-state index is 0.900. The minimum Gasteiger partial charge on any atom is -0.398 e. The third kappa shape index (κ3) is 2.36. The fourth-order valence-electron chi connectivity index (χ4n) is 1.04. The van der Waals surface area contributed by atoms with Crippen LogP contribution in [0.4, 0.5) is 5.69 Å². The maximum Gasteiger partial charge on any atom is 0.0452 e. The van der Waals surface area contributed by atoms with E-state index in [1.165, 1.54) is 12.0 Å². The maximum atomic E-state index is 5.74. The van der Waals surface area contributed by atoms with Crippen LogP contribution in [-0.4, -0.2) is 0 Å². The highest BCUT2D eigenvalue weighted by atomic mass is 127. The van der Waals surface area contributed by atoms with Crippen LogP contribution in [-0.2, 0) is 6.42 Å². The molecule has 0 aliphatic rings. The maximum absolute atomic E-state index is 5.74. The second kappa shape index (κ2) is 3.95. The quantitative estimate of drug-likeness (QED) is 0.643. The summed E-state index contributed by atoms with van der Waals surface area (Å²) in [5.74, 6) is 0. The molecule has 0 unspecified atom stereocenters. The number of rotatable bonds is 2. The number of hydrogen-bond acceptors (Lipinski definition) is 1. The fraction of sp³-hybridized carbons (Fsp3) is 0.333. The smallest absolute Gasteiger partial charge is 0.0452 e. The molecule has 0 saturated heterocycles. The first kappa shape index (κ1) is 8.84. The summed E-state index contributed by atoms with van der Waals surface area (Å²) in [4.78, 5) is 0. The van der Waals surface area contributed by atoms with Crippen molar-refractivity contribution in [1.82, 2.24) is 0 Å². The number of hydrogen-bond donors (Lipinski definition) is 1. The first-order valence-corrected chi connectivity index (χ1v) is 4.86. The van der Waals surface area contributed by atoms with Gasteiger partial charge in [-0.25, -0.2) is 0 Å². The lowest BCUT2D eigenvalue weighted by molar-refractivity contribution is 0.922. The van der Waals surface area contributed by atoms with Crippen LogP contribution in [0.15, 0.2) is 18.2 Å². The lowest BCUT2D eigenvalue weighted by Crippen LogP contribution is -1.91. The fourth-order valence-corrected chi connectivity index (χ4v) is 1.37. The lowest BCUT2D eigenvalue weighted by Gasteiger charge is -2.01. The van der Waals surface area contributed by atoms with Gasteiger partial charge < -0.3 is 5.73 Å². The number of nitrogen functional groups attached to an aromatic ring is 1. The second-order valence-electron chi connectivity index (χ2n) is 2.61. The van der Waals surface area contributed by atoms with Crippen LogP contribution in [0, 0.1) is 3.57 Å². The molecule has 0 fully saturated rings. The molecule has 1 aromatic rings. The van der Waals surface area contributed by atoms with Gasteiger partial charge in [0.05, 0.1) is 0 Å². The summed E-state index contributed by atoms with van der Waals surface area (Å²) in [5.41, 5.74) is 7.98. The predicted molar refractivity (Wildman–Crippen MR) is 57.6 cm³/mol. The van der Waals surface area contributed by atoms with Crippen LogP contribution in [0.3, 0.4) is 0 Å². The molecule has 2 heteroatoms. The van der Waals surface area contributed by atoms with Crippen LogP contribution in [0.1, 0.15) is 18.9 Å². The summed E-state index contributed by atoms with van der Waals surface area (Å²) in [6.45, 7) is 2.17. The molecule has 1 rings (SSSR count). The molecule has 0 saturated carbocycles. The van der Waals surface area contributed by atoms with E-state index >= 15 is 0 Å². The van der Waals surface area contributed by atoms with Gasteiger partial charge in [0.25, 0.3) is 0 Å². The van der Waals surface area contributed by atoms with Crippen molar-refractivity contribution in [2.45, 2.75) is 19.8 Å². The zero-order valence-electron chi connectivity index (χ0n) is 6.60. The molecule has 0 radical (unpaired) electrons. The number of halogens is 1. The van der Waals surface area contributed by atoms with Crippen molar-refractivity contribution in [2.75, 3.05) is 5.73 Å². The van der Waals surface area contributed by atoms with Gasteiger partial charge in [0.2, 0.25) is 0 Å². The Labute approximate surface area is 81.1 Å². The van der Waals surface area contributed by atoms with Crippen LogP contribution >= 0.6 is 22.6 Å². The van der Waals surface area contributed by atoms with Crippen molar-refractivity contribution in [3.8, 4) is 0 Å². The Kier molecular flexibility index (Phi) is 3.17. The van der Waals surface area contributed by atoms with Crippen molar-refractivity contribution >= 4 is 28.3 Å². The van der Waals surface area contributed by atoms with Crippen LogP contribution in [0.25, 0.3) is 0 Å². The molecule has 0 heterocycles. The molecule has 1 nitrogen and oxygen atoms in total. The Morgan fingerprint density at radius 3 is 2.73 bits per heavy atom. The Morgan fingerprint density at radius 2 is 2.18 bits per heavy atom. The van der Waals surface area contributed by atoms with Crippen molar-refractivity contribution in [1.29, 1.82) is 0 Å². The second-order valence-corrected chi connectivity index (χ2v) is 3.77. The summed E-state index contributed by atoms with van der Waals surface area (Å²) >= 11 is 2.24. The first-order valence-electron chi connectivity index (χ1n) is 3.78. The summed E-state index contributed by atoms with van der Waals surface area (Å²) < 4.78 is 1.14. The van der Waals surface area contributed by atoms with Gasteiger partial charge >= 0.3 is 0 Å². The summed E-state index contributed by atoms with van der Waals surface area (Å²) in [6, 6.07) is 6.27. The molecule has 0 bridgehead atoms. The Bertz CT molecular complexity index is 245. The van der Waals surface area contributed by atoms with E-state index in [4.69, 9.17) is 5.73 Å². The van der Waals surface area contributed by atoms with E-state index in [2.05, 4.69) is 47.7 Å². The first-order chi connectivity index (χ1) is 5.24. The molecule has 0 atom stereocenters. The van der Waals surface area contributed by atoms with Crippen molar-refractivity contribution < 1.29 is 0 Å². The third-order valence-corrected chi connectivity index (χ3v) is 2.58. The molecular weight excluding hydrogens is 249 g/mol. The van der Waals surface area contributed by atoms with Crippen molar-refractivity contribution in [3.05, 3.63) is 27.3 Å². The lowest BCUT2D eigenvalue weighted by atomic mass is 10.1. The monoisotopic (exact) mass is 261 g/mol. The Balaban J connectivity index is 2.86. The average molecular weight is 261 g/mol. The highest BCUT2D eigenvalue weighted by molar-refractivity contribution is 14.1. The molecule has 0 aliphatic carbocycles. The zero-order valence-corrected chi connectivity index (χ0v) is 8.76.